The number of nitrogens with two attached hydrogens (primary N) is 1. The van der Waals surface area contributed by atoms with Gasteiger partial charge in [-0.3, -0.25) is 4.79 Å². The largest absolute Gasteiger partial charge is 0.349 e. The molecule has 1 aliphatic rings. The van der Waals surface area contributed by atoms with Crippen LogP contribution in [-0.2, 0) is 4.79 Å². The number of hydrogen-bond acceptors (Lipinski definition) is 3. The molecule has 0 spiro atoms. The molecular formula is C14H18N4O2. The number of aromatic amines is 2. The summed E-state index contributed by atoms with van der Waals surface area (Å²) in [6.07, 6.45) is 1.73. The molecule has 1 unspecified atom stereocenters. The van der Waals surface area contributed by atoms with Gasteiger partial charge in [-0.25, -0.2) is 4.79 Å². The van der Waals surface area contributed by atoms with E-state index in [1.54, 1.807) is 0 Å². The van der Waals surface area contributed by atoms with Crippen LogP contribution in [0.2, 0.25) is 0 Å². The average molecular weight is 274 g/mol. The fourth-order valence-electron chi connectivity index (χ4n) is 2.43. The van der Waals surface area contributed by atoms with Gasteiger partial charge in [0.1, 0.15) is 0 Å². The van der Waals surface area contributed by atoms with E-state index in [4.69, 9.17) is 5.73 Å². The van der Waals surface area contributed by atoms with Crippen molar-refractivity contribution in [1.82, 2.24) is 15.3 Å². The molecule has 1 amide bonds. The zero-order chi connectivity index (χ0) is 14.3. The molecule has 2 aromatic rings. The summed E-state index contributed by atoms with van der Waals surface area (Å²) in [4.78, 5) is 28.8. The zero-order valence-electron chi connectivity index (χ0n) is 11.3. The molecule has 6 nitrogen and oxygen atoms in total. The van der Waals surface area contributed by atoms with Crippen LogP contribution in [0.3, 0.4) is 0 Å². The molecule has 1 aromatic carbocycles. The Labute approximate surface area is 115 Å². The molecule has 1 aliphatic carbocycles. The van der Waals surface area contributed by atoms with Gasteiger partial charge >= 0.3 is 5.69 Å². The van der Waals surface area contributed by atoms with Gasteiger partial charge in [-0.2, -0.15) is 0 Å². The molecule has 20 heavy (non-hydrogen) atoms. The predicted molar refractivity (Wildman–Crippen MR) is 76.2 cm³/mol. The van der Waals surface area contributed by atoms with Crippen molar-refractivity contribution in [3.8, 4) is 0 Å². The number of benzene rings is 1. The van der Waals surface area contributed by atoms with Crippen molar-refractivity contribution in [2.75, 3.05) is 6.54 Å². The van der Waals surface area contributed by atoms with Gasteiger partial charge < -0.3 is 21.0 Å². The minimum absolute atomic E-state index is 0.0233. The summed E-state index contributed by atoms with van der Waals surface area (Å²) < 4.78 is 0. The van der Waals surface area contributed by atoms with Crippen molar-refractivity contribution in [2.24, 2.45) is 11.1 Å². The molecule has 0 radical (unpaired) electrons. The minimum atomic E-state index is -0.346. The van der Waals surface area contributed by atoms with Crippen LogP contribution in [0.4, 0.5) is 0 Å². The summed E-state index contributed by atoms with van der Waals surface area (Å²) in [6.45, 7) is 2.33. The minimum Gasteiger partial charge on any atom is -0.349 e. The first-order chi connectivity index (χ1) is 9.54. The van der Waals surface area contributed by atoms with E-state index < -0.39 is 0 Å². The van der Waals surface area contributed by atoms with Crippen LogP contribution >= 0.6 is 0 Å². The number of aromatic nitrogens is 2. The summed E-state index contributed by atoms with van der Waals surface area (Å²) >= 11 is 0. The third-order valence-corrected chi connectivity index (χ3v) is 4.11. The van der Waals surface area contributed by atoms with E-state index in [-0.39, 0.29) is 23.1 Å². The molecule has 6 heteroatoms. The smallest absolute Gasteiger partial charge is 0.323 e. The Morgan fingerprint density at radius 1 is 1.40 bits per heavy atom. The van der Waals surface area contributed by atoms with E-state index in [2.05, 4.69) is 15.3 Å². The monoisotopic (exact) mass is 274 g/mol. The number of H-pyrrole nitrogens is 2. The summed E-state index contributed by atoms with van der Waals surface area (Å²) in [5.41, 5.74) is 7.54. The van der Waals surface area contributed by atoms with Gasteiger partial charge in [-0.05, 0) is 37.5 Å². The van der Waals surface area contributed by atoms with Crippen LogP contribution in [0, 0.1) is 5.41 Å². The van der Waals surface area contributed by atoms with E-state index in [0.717, 1.165) is 29.4 Å². The average Bonchev–Trinajstić information content (AvgIpc) is 3.14. The molecule has 106 valence electrons. The quantitative estimate of drug-likeness (QED) is 0.662. The summed E-state index contributed by atoms with van der Waals surface area (Å²) in [5.74, 6) is 0.0233. The lowest BCUT2D eigenvalue weighted by Gasteiger charge is -2.18. The molecule has 0 bridgehead atoms. The van der Waals surface area contributed by atoms with Gasteiger partial charge in [-0.1, -0.05) is 6.07 Å². The predicted octanol–water partition coefficient (Wildman–Crippen LogP) is 0.772. The van der Waals surface area contributed by atoms with Gasteiger partial charge in [0.15, 0.2) is 0 Å². The Morgan fingerprint density at radius 2 is 2.10 bits per heavy atom. The van der Waals surface area contributed by atoms with Crippen LogP contribution < -0.4 is 16.7 Å². The van der Waals surface area contributed by atoms with Crippen LogP contribution in [0.25, 0.3) is 11.0 Å². The standard InChI is InChI=1S/C14H18N4O2/c1-8(16-12(19)14(7-15)4-5-14)9-2-3-10-11(6-9)18-13(20)17-10/h2-3,6,8H,4-5,7,15H2,1H3,(H,16,19)(H2,17,18,20). The number of carbonyl (C=O) groups excluding carboxylic acids is 1. The number of hydrogen-bond donors (Lipinski definition) is 4. The normalized spacial score (nSPS) is 17.9. The number of carbonyl (C=O) groups is 1. The summed E-state index contributed by atoms with van der Waals surface area (Å²) in [5, 5.41) is 3.00. The number of fused-ring (bicyclic) bond motifs is 1. The van der Waals surface area contributed by atoms with Crippen molar-refractivity contribution >= 4 is 16.9 Å². The van der Waals surface area contributed by atoms with Crippen molar-refractivity contribution in [3.05, 3.63) is 34.2 Å². The van der Waals surface area contributed by atoms with Crippen molar-refractivity contribution in [1.29, 1.82) is 0 Å². The van der Waals surface area contributed by atoms with Crippen LogP contribution in [0.1, 0.15) is 31.4 Å². The molecule has 1 fully saturated rings. The topological polar surface area (TPSA) is 104 Å². The van der Waals surface area contributed by atoms with E-state index in [0.29, 0.717) is 6.54 Å². The fourth-order valence-corrected chi connectivity index (χ4v) is 2.43. The van der Waals surface area contributed by atoms with Crippen molar-refractivity contribution in [3.63, 3.8) is 0 Å². The van der Waals surface area contributed by atoms with Gasteiger partial charge in [0.2, 0.25) is 5.91 Å². The zero-order valence-corrected chi connectivity index (χ0v) is 11.3. The highest BCUT2D eigenvalue weighted by atomic mass is 16.2. The van der Waals surface area contributed by atoms with Gasteiger partial charge in [0.25, 0.3) is 0 Å². The molecule has 1 aromatic heterocycles. The fraction of sp³-hybridized carbons (Fsp3) is 0.429. The van der Waals surface area contributed by atoms with Crippen molar-refractivity contribution < 1.29 is 4.79 Å². The highest BCUT2D eigenvalue weighted by Crippen LogP contribution is 2.45. The van der Waals surface area contributed by atoms with E-state index in [1.807, 2.05) is 25.1 Å². The number of nitrogens with one attached hydrogen (secondary N) is 3. The molecule has 1 atom stereocenters. The summed E-state index contributed by atoms with van der Waals surface area (Å²) in [6, 6.07) is 5.50. The first kappa shape index (κ1) is 12.9. The van der Waals surface area contributed by atoms with E-state index in [1.165, 1.54) is 0 Å². The van der Waals surface area contributed by atoms with E-state index >= 15 is 0 Å². The molecule has 5 N–H and O–H groups in total. The van der Waals surface area contributed by atoms with E-state index in [9.17, 15) is 9.59 Å². The molecule has 0 saturated heterocycles. The third kappa shape index (κ3) is 2.12. The molecule has 1 saturated carbocycles. The van der Waals surface area contributed by atoms with Gasteiger partial charge in [0.05, 0.1) is 22.5 Å². The molecule has 0 aliphatic heterocycles. The maximum absolute atomic E-state index is 12.2. The highest BCUT2D eigenvalue weighted by molar-refractivity contribution is 5.86. The molecule has 1 heterocycles. The lowest BCUT2D eigenvalue weighted by atomic mass is 10.0. The van der Waals surface area contributed by atoms with Crippen LogP contribution in [0.5, 0.6) is 0 Å². The van der Waals surface area contributed by atoms with Crippen molar-refractivity contribution in [2.45, 2.75) is 25.8 Å². The molecular weight excluding hydrogens is 256 g/mol. The number of imidazole rings is 1. The SMILES string of the molecule is CC(NC(=O)C1(CN)CC1)c1ccc2[nH]c(=O)[nH]c2c1. The lowest BCUT2D eigenvalue weighted by Crippen LogP contribution is -2.37. The maximum Gasteiger partial charge on any atom is 0.323 e. The Morgan fingerprint density at radius 3 is 2.75 bits per heavy atom. The number of rotatable bonds is 4. The first-order valence-corrected chi connectivity index (χ1v) is 6.77. The lowest BCUT2D eigenvalue weighted by molar-refractivity contribution is -0.126. The highest BCUT2D eigenvalue weighted by Gasteiger charge is 2.48. The molecule has 3 rings (SSSR count). The first-order valence-electron chi connectivity index (χ1n) is 6.77. The Balaban J connectivity index is 1.79. The Bertz CT molecular complexity index is 711. The number of amides is 1. The van der Waals surface area contributed by atoms with Crippen LogP contribution in [-0.4, -0.2) is 22.4 Å². The third-order valence-electron chi connectivity index (χ3n) is 4.11. The van der Waals surface area contributed by atoms with Gasteiger partial charge in [-0.15, -0.1) is 0 Å². The summed E-state index contributed by atoms with van der Waals surface area (Å²) in [7, 11) is 0. The second kappa shape index (κ2) is 4.49. The second-order valence-electron chi connectivity index (χ2n) is 5.56. The second-order valence-corrected chi connectivity index (χ2v) is 5.56. The Hall–Kier alpha value is -2.08. The maximum atomic E-state index is 12.2. The Kier molecular flexibility index (Phi) is 2.90. The van der Waals surface area contributed by atoms with Crippen LogP contribution in [0.15, 0.2) is 23.0 Å². The van der Waals surface area contributed by atoms with Gasteiger partial charge in [0, 0.05) is 6.54 Å².